The molecule has 1 unspecified atom stereocenters. The van der Waals surface area contributed by atoms with Crippen LogP contribution in [0.3, 0.4) is 0 Å². The normalized spacial score (nSPS) is 17.5. The van der Waals surface area contributed by atoms with Crippen molar-refractivity contribution in [3.05, 3.63) is 0 Å². The smallest absolute Gasteiger partial charge is 0.0599 e. The van der Waals surface area contributed by atoms with Crippen molar-refractivity contribution in [2.45, 2.75) is 130 Å². The fourth-order valence-corrected chi connectivity index (χ4v) is 4.81. The Bertz CT molecular complexity index is 316. The Morgan fingerprint density at radius 1 is 0.750 bits per heavy atom. The number of likely N-dealkylation sites (tertiary alicyclic amines) is 1. The summed E-state index contributed by atoms with van der Waals surface area (Å²) in [6.07, 6.45) is 21.1. The zero-order chi connectivity index (χ0) is 20.5. The third kappa shape index (κ3) is 13.2. The van der Waals surface area contributed by atoms with Gasteiger partial charge in [0.1, 0.15) is 0 Å². The van der Waals surface area contributed by atoms with E-state index in [0.717, 1.165) is 18.4 Å². The van der Waals surface area contributed by atoms with Crippen LogP contribution in [0.15, 0.2) is 0 Å². The summed E-state index contributed by atoms with van der Waals surface area (Å²) in [4.78, 5) is 2.69. The van der Waals surface area contributed by atoms with Crippen LogP contribution in [0.4, 0.5) is 0 Å². The summed E-state index contributed by atoms with van der Waals surface area (Å²) in [5.41, 5.74) is 0. The van der Waals surface area contributed by atoms with Crippen molar-refractivity contribution in [1.82, 2.24) is 4.90 Å². The van der Waals surface area contributed by atoms with Crippen molar-refractivity contribution in [3.63, 3.8) is 0 Å². The van der Waals surface area contributed by atoms with Crippen LogP contribution in [0.1, 0.15) is 124 Å². The van der Waals surface area contributed by atoms with E-state index in [1.165, 1.54) is 116 Å². The first-order valence-corrected chi connectivity index (χ1v) is 13.0. The van der Waals surface area contributed by atoms with Gasteiger partial charge in [-0.2, -0.15) is 0 Å². The average Bonchev–Trinajstić information content (AvgIpc) is 2.71. The van der Waals surface area contributed by atoms with Crippen LogP contribution < -0.4 is 0 Å². The number of rotatable bonds is 18. The van der Waals surface area contributed by atoms with Gasteiger partial charge in [-0.25, -0.2) is 0 Å². The molecular formula is C26H53NO. The van der Waals surface area contributed by atoms with Gasteiger partial charge in [0.2, 0.25) is 0 Å². The zero-order valence-corrected chi connectivity index (χ0v) is 20.0. The summed E-state index contributed by atoms with van der Waals surface area (Å²) in [7, 11) is 0. The Hall–Kier alpha value is -0.0800. The Balaban J connectivity index is 2.03. The van der Waals surface area contributed by atoms with Crippen LogP contribution in [0.25, 0.3) is 0 Å². The topological polar surface area (TPSA) is 12.5 Å². The van der Waals surface area contributed by atoms with E-state index < -0.39 is 0 Å². The molecule has 28 heavy (non-hydrogen) atoms. The largest absolute Gasteiger partial charge is 0.378 e. The van der Waals surface area contributed by atoms with Crippen molar-refractivity contribution >= 4 is 0 Å². The second-order valence-electron chi connectivity index (χ2n) is 9.59. The first-order valence-electron chi connectivity index (χ1n) is 13.0. The lowest BCUT2D eigenvalue weighted by Crippen LogP contribution is -2.37. The molecule has 0 saturated carbocycles. The maximum absolute atomic E-state index is 6.17. The van der Waals surface area contributed by atoms with Crippen molar-refractivity contribution in [2.24, 2.45) is 11.8 Å². The molecule has 0 bridgehead atoms. The molecule has 0 spiro atoms. The highest BCUT2D eigenvalue weighted by Crippen LogP contribution is 2.23. The molecule has 2 nitrogen and oxygen atoms in total. The highest BCUT2D eigenvalue weighted by atomic mass is 16.5. The fraction of sp³-hybridized carbons (Fsp3) is 1.00. The van der Waals surface area contributed by atoms with Gasteiger partial charge in [0.15, 0.2) is 0 Å². The van der Waals surface area contributed by atoms with Crippen LogP contribution in [-0.4, -0.2) is 37.2 Å². The van der Waals surface area contributed by atoms with Crippen LogP contribution in [0.2, 0.25) is 0 Å². The summed E-state index contributed by atoms with van der Waals surface area (Å²) in [5, 5.41) is 0. The van der Waals surface area contributed by atoms with Crippen LogP contribution in [0, 0.1) is 11.8 Å². The summed E-state index contributed by atoms with van der Waals surface area (Å²) in [6, 6.07) is 0. The first-order chi connectivity index (χ1) is 13.7. The molecular weight excluding hydrogens is 342 g/mol. The maximum Gasteiger partial charge on any atom is 0.0599 e. The summed E-state index contributed by atoms with van der Waals surface area (Å²) in [6.45, 7) is 14.1. The summed E-state index contributed by atoms with van der Waals surface area (Å²) < 4.78 is 6.17. The van der Waals surface area contributed by atoms with Crippen molar-refractivity contribution in [1.29, 1.82) is 0 Å². The summed E-state index contributed by atoms with van der Waals surface area (Å²) >= 11 is 0. The molecule has 1 fully saturated rings. The molecule has 168 valence electrons. The number of hydrogen-bond acceptors (Lipinski definition) is 2. The molecule has 0 aromatic rings. The Labute approximate surface area is 178 Å². The van der Waals surface area contributed by atoms with Gasteiger partial charge < -0.3 is 9.64 Å². The molecule has 1 saturated heterocycles. The average molecular weight is 396 g/mol. The van der Waals surface area contributed by atoms with Crippen LogP contribution >= 0.6 is 0 Å². The van der Waals surface area contributed by atoms with E-state index in [1.54, 1.807) is 0 Å². The molecule has 0 aromatic heterocycles. The minimum absolute atomic E-state index is 0.533. The van der Waals surface area contributed by atoms with Gasteiger partial charge in [0.25, 0.3) is 0 Å². The van der Waals surface area contributed by atoms with Crippen molar-refractivity contribution < 1.29 is 4.74 Å². The van der Waals surface area contributed by atoms with Gasteiger partial charge >= 0.3 is 0 Å². The molecule has 2 heteroatoms. The molecule has 1 atom stereocenters. The standard InChI is InChI=1S/C26H53NO/c1-5-8-15-25(16-9-6-2)17-10-11-20-27-21-18-26(19-22-27)28-23-12-14-24(4)13-7-3/h24-26H,5-23H2,1-4H3. The Morgan fingerprint density at radius 3 is 2.00 bits per heavy atom. The second-order valence-corrected chi connectivity index (χ2v) is 9.59. The highest BCUT2D eigenvalue weighted by Gasteiger charge is 2.19. The van der Waals surface area contributed by atoms with E-state index in [4.69, 9.17) is 4.74 Å². The van der Waals surface area contributed by atoms with E-state index in [0.29, 0.717) is 6.10 Å². The Kier molecular flexibility index (Phi) is 16.5. The molecule has 0 radical (unpaired) electrons. The van der Waals surface area contributed by atoms with E-state index in [1.807, 2.05) is 0 Å². The van der Waals surface area contributed by atoms with E-state index >= 15 is 0 Å². The highest BCUT2D eigenvalue weighted by molar-refractivity contribution is 4.73. The van der Waals surface area contributed by atoms with Crippen molar-refractivity contribution in [3.8, 4) is 0 Å². The lowest BCUT2D eigenvalue weighted by Gasteiger charge is -2.32. The minimum atomic E-state index is 0.533. The van der Waals surface area contributed by atoms with Gasteiger partial charge in [-0.3, -0.25) is 0 Å². The lowest BCUT2D eigenvalue weighted by atomic mass is 9.91. The van der Waals surface area contributed by atoms with Crippen LogP contribution in [0.5, 0.6) is 0 Å². The molecule has 0 amide bonds. The molecule has 0 aromatic carbocycles. The number of ether oxygens (including phenoxy) is 1. The van der Waals surface area contributed by atoms with Gasteiger partial charge in [-0.15, -0.1) is 0 Å². The zero-order valence-electron chi connectivity index (χ0n) is 20.0. The molecule has 1 heterocycles. The molecule has 1 aliphatic rings. The third-order valence-electron chi connectivity index (χ3n) is 6.78. The SMILES string of the molecule is CCCCC(CCCC)CCCCN1CCC(OCCCC(C)CCC)CC1. The monoisotopic (exact) mass is 395 g/mol. The number of unbranched alkanes of at least 4 members (excludes halogenated alkanes) is 3. The molecule has 0 N–H and O–H groups in total. The number of nitrogens with zero attached hydrogens (tertiary/aromatic N) is 1. The lowest BCUT2D eigenvalue weighted by molar-refractivity contribution is 0.00465. The quantitative estimate of drug-likeness (QED) is 0.219. The predicted molar refractivity (Wildman–Crippen MR) is 125 cm³/mol. The van der Waals surface area contributed by atoms with E-state index in [-0.39, 0.29) is 0 Å². The van der Waals surface area contributed by atoms with Crippen LogP contribution in [-0.2, 0) is 4.74 Å². The van der Waals surface area contributed by atoms with E-state index in [9.17, 15) is 0 Å². The third-order valence-corrected chi connectivity index (χ3v) is 6.78. The van der Waals surface area contributed by atoms with Gasteiger partial charge in [-0.1, -0.05) is 91.9 Å². The van der Waals surface area contributed by atoms with Crippen molar-refractivity contribution in [2.75, 3.05) is 26.2 Å². The molecule has 1 rings (SSSR count). The fourth-order valence-electron chi connectivity index (χ4n) is 4.81. The Morgan fingerprint density at radius 2 is 1.39 bits per heavy atom. The molecule has 1 aliphatic heterocycles. The van der Waals surface area contributed by atoms with Gasteiger partial charge in [0.05, 0.1) is 6.10 Å². The second kappa shape index (κ2) is 17.8. The maximum atomic E-state index is 6.17. The van der Waals surface area contributed by atoms with E-state index in [2.05, 4.69) is 32.6 Å². The predicted octanol–water partition coefficient (Wildman–Crippen LogP) is 7.85. The number of hydrogen-bond donors (Lipinski definition) is 0. The minimum Gasteiger partial charge on any atom is -0.378 e. The molecule has 0 aliphatic carbocycles. The summed E-state index contributed by atoms with van der Waals surface area (Å²) in [5.74, 6) is 1.87. The number of piperidine rings is 1. The van der Waals surface area contributed by atoms with Gasteiger partial charge in [0, 0.05) is 19.7 Å². The first kappa shape index (κ1) is 26.0. The van der Waals surface area contributed by atoms with Gasteiger partial charge in [-0.05, 0) is 50.5 Å².